The molecule has 0 heterocycles. The minimum Gasteiger partial charge on any atom is -0.0843 e. The Morgan fingerprint density at radius 1 is 0.923 bits per heavy atom. The number of rotatable bonds is 1. The van der Waals surface area contributed by atoms with Crippen molar-refractivity contribution in [2.45, 2.75) is 38.0 Å². The van der Waals surface area contributed by atoms with Gasteiger partial charge in [0.15, 0.2) is 0 Å². The molecular formula is C12H15Cl. The van der Waals surface area contributed by atoms with Gasteiger partial charge < -0.3 is 0 Å². The molecular weight excluding hydrogens is 180 g/mol. The maximum Gasteiger partial charge on any atom is 0.0406 e. The van der Waals surface area contributed by atoms with Crippen LogP contribution in [0.15, 0.2) is 24.3 Å². The van der Waals surface area contributed by atoms with Crippen LogP contribution in [-0.4, -0.2) is 0 Å². The highest BCUT2D eigenvalue weighted by molar-refractivity contribution is 6.30. The van der Waals surface area contributed by atoms with Crippen LogP contribution in [0.5, 0.6) is 0 Å². The monoisotopic (exact) mass is 194 g/mol. The van der Waals surface area contributed by atoms with E-state index < -0.39 is 0 Å². The first-order valence-corrected chi connectivity index (χ1v) is 5.49. The third kappa shape index (κ3) is 2.25. The van der Waals surface area contributed by atoms with Crippen molar-refractivity contribution in [2.75, 3.05) is 0 Å². The van der Waals surface area contributed by atoms with Gasteiger partial charge in [-0.2, -0.15) is 0 Å². The molecule has 1 heteroatoms. The van der Waals surface area contributed by atoms with Gasteiger partial charge in [-0.1, -0.05) is 43.0 Å². The van der Waals surface area contributed by atoms with Crippen molar-refractivity contribution in [1.82, 2.24) is 0 Å². The van der Waals surface area contributed by atoms with Crippen molar-refractivity contribution in [3.05, 3.63) is 34.9 Å². The average Bonchev–Trinajstić information content (AvgIpc) is 2.20. The van der Waals surface area contributed by atoms with E-state index in [1.165, 1.54) is 37.7 Å². The van der Waals surface area contributed by atoms with E-state index in [2.05, 4.69) is 12.1 Å². The van der Waals surface area contributed by atoms with Crippen LogP contribution in [0.3, 0.4) is 0 Å². The zero-order valence-electron chi connectivity index (χ0n) is 7.80. The Morgan fingerprint density at radius 3 is 2.15 bits per heavy atom. The maximum atomic E-state index is 5.85. The Hall–Kier alpha value is -0.490. The van der Waals surface area contributed by atoms with Gasteiger partial charge in [0.25, 0.3) is 0 Å². The summed E-state index contributed by atoms with van der Waals surface area (Å²) in [6.45, 7) is 0. The highest BCUT2D eigenvalue weighted by Crippen LogP contribution is 2.32. The quantitative estimate of drug-likeness (QED) is 0.622. The molecule has 0 aliphatic heterocycles. The van der Waals surface area contributed by atoms with Crippen LogP contribution >= 0.6 is 11.6 Å². The van der Waals surface area contributed by atoms with E-state index in [0.717, 1.165) is 10.9 Å². The molecule has 1 aliphatic rings. The molecule has 0 radical (unpaired) electrons. The van der Waals surface area contributed by atoms with Gasteiger partial charge in [-0.25, -0.2) is 0 Å². The van der Waals surface area contributed by atoms with Crippen molar-refractivity contribution >= 4 is 11.6 Å². The summed E-state index contributed by atoms with van der Waals surface area (Å²) in [5.41, 5.74) is 1.48. The fourth-order valence-corrected chi connectivity index (χ4v) is 2.30. The molecule has 13 heavy (non-hydrogen) atoms. The molecule has 1 fully saturated rings. The van der Waals surface area contributed by atoms with Gasteiger partial charge in [0, 0.05) is 5.02 Å². The Morgan fingerprint density at radius 2 is 1.54 bits per heavy atom. The van der Waals surface area contributed by atoms with Crippen molar-refractivity contribution in [2.24, 2.45) is 0 Å². The van der Waals surface area contributed by atoms with Crippen molar-refractivity contribution in [3.8, 4) is 0 Å². The average molecular weight is 195 g/mol. The largest absolute Gasteiger partial charge is 0.0843 e. The molecule has 1 aromatic carbocycles. The predicted molar refractivity (Wildman–Crippen MR) is 57.3 cm³/mol. The second-order valence-corrected chi connectivity index (χ2v) is 4.32. The summed E-state index contributed by atoms with van der Waals surface area (Å²) in [6, 6.07) is 8.37. The SMILES string of the molecule is Clc1ccc(C2CCCCC2)cc1. The van der Waals surface area contributed by atoms with Crippen LogP contribution < -0.4 is 0 Å². The lowest BCUT2D eigenvalue weighted by atomic mass is 9.84. The van der Waals surface area contributed by atoms with Crippen LogP contribution in [0.2, 0.25) is 5.02 Å². The molecule has 0 unspecified atom stereocenters. The number of hydrogen-bond donors (Lipinski definition) is 0. The summed E-state index contributed by atoms with van der Waals surface area (Å²) in [5, 5.41) is 0.847. The van der Waals surface area contributed by atoms with Crippen LogP contribution in [0.25, 0.3) is 0 Å². The van der Waals surface area contributed by atoms with Gasteiger partial charge >= 0.3 is 0 Å². The molecule has 0 nitrogen and oxygen atoms in total. The second-order valence-electron chi connectivity index (χ2n) is 3.89. The highest BCUT2D eigenvalue weighted by Gasteiger charge is 2.14. The van der Waals surface area contributed by atoms with E-state index in [-0.39, 0.29) is 0 Å². The van der Waals surface area contributed by atoms with Gasteiger partial charge in [0.05, 0.1) is 0 Å². The lowest BCUT2D eigenvalue weighted by Crippen LogP contribution is -2.03. The molecule has 0 amide bonds. The second kappa shape index (κ2) is 4.15. The number of benzene rings is 1. The van der Waals surface area contributed by atoms with Gasteiger partial charge in [-0.05, 0) is 36.5 Å². The van der Waals surface area contributed by atoms with Crippen LogP contribution in [0, 0.1) is 0 Å². The first-order chi connectivity index (χ1) is 6.36. The van der Waals surface area contributed by atoms with Crippen molar-refractivity contribution < 1.29 is 0 Å². The van der Waals surface area contributed by atoms with Gasteiger partial charge in [0.2, 0.25) is 0 Å². The van der Waals surface area contributed by atoms with Crippen LogP contribution in [0.1, 0.15) is 43.6 Å². The molecule has 0 spiro atoms. The number of halogens is 1. The molecule has 70 valence electrons. The lowest BCUT2D eigenvalue weighted by molar-refractivity contribution is 0.443. The standard InChI is InChI=1S/C12H15Cl/c13-12-8-6-11(7-9-12)10-4-2-1-3-5-10/h6-10H,1-5H2. The first-order valence-electron chi connectivity index (χ1n) is 5.12. The maximum absolute atomic E-state index is 5.85. The summed E-state index contributed by atoms with van der Waals surface area (Å²) in [7, 11) is 0. The van der Waals surface area contributed by atoms with E-state index in [9.17, 15) is 0 Å². The Kier molecular flexibility index (Phi) is 2.90. The fourth-order valence-electron chi connectivity index (χ4n) is 2.17. The zero-order valence-corrected chi connectivity index (χ0v) is 8.56. The third-order valence-corrected chi connectivity index (χ3v) is 3.20. The minimum atomic E-state index is 0.797. The van der Waals surface area contributed by atoms with Crippen molar-refractivity contribution in [1.29, 1.82) is 0 Å². The van der Waals surface area contributed by atoms with E-state index in [1.807, 2.05) is 12.1 Å². The molecule has 0 saturated heterocycles. The lowest BCUT2D eigenvalue weighted by Gasteiger charge is -2.21. The highest BCUT2D eigenvalue weighted by atomic mass is 35.5. The summed E-state index contributed by atoms with van der Waals surface area (Å²) < 4.78 is 0. The summed E-state index contributed by atoms with van der Waals surface area (Å²) >= 11 is 5.85. The zero-order chi connectivity index (χ0) is 9.10. The summed E-state index contributed by atoms with van der Waals surface area (Å²) in [4.78, 5) is 0. The Balaban J connectivity index is 2.10. The van der Waals surface area contributed by atoms with Crippen LogP contribution in [0.4, 0.5) is 0 Å². The molecule has 0 N–H and O–H groups in total. The van der Waals surface area contributed by atoms with E-state index in [1.54, 1.807) is 0 Å². The summed E-state index contributed by atoms with van der Waals surface area (Å²) in [6.07, 6.45) is 6.94. The molecule has 0 aromatic heterocycles. The smallest absolute Gasteiger partial charge is 0.0406 e. The molecule has 0 atom stereocenters. The van der Waals surface area contributed by atoms with E-state index in [4.69, 9.17) is 11.6 Å². The fraction of sp³-hybridized carbons (Fsp3) is 0.500. The first kappa shape index (κ1) is 9.08. The van der Waals surface area contributed by atoms with E-state index in [0.29, 0.717) is 0 Å². The molecule has 1 aromatic rings. The van der Waals surface area contributed by atoms with Gasteiger partial charge in [-0.3, -0.25) is 0 Å². The molecule has 1 saturated carbocycles. The topological polar surface area (TPSA) is 0 Å². The normalized spacial score (nSPS) is 18.8. The van der Waals surface area contributed by atoms with Gasteiger partial charge in [0.1, 0.15) is 0 Å². The van der Waals surface area contributed by atoms with E-state index >= 15 is 0 Å². The summed E-state index contributed by atoms with van der Waals surface area (Å²) in [5.74, 6) is 0.797. The Labute approximate surface area is 84.9 Å². The predicted octanol–water partition coefficient (Wildman–Crippen LogP) is 4.39. The number of hydrogen-bond acceptors (Lipinski definition) is 0. The minimum absolute atomic E-state index is 0.797. The third-order valence-electron chi connectivity index (χ3n) is 2.95. The molecule has 1 aliphatic carbocycles. The van der Waals surface area contributed by atoms with Gasteiger partial charge in [-0.15, -0.1) is 0 Å². The molecule has 0 bridgehead atoms. The van der Waals surface area contributed by atoms with Crippen molar-refractivity contribution in [3.63, 3.8) is 0 Å². The molecule has 2 rings (SSSR count). The van der Waals surface area contributed by atoms with Crippen LogP contribution in [-0.2, 0) is 0 Å². The Bertz CT molecular complexity index is 257.